The van der Waals surface area contributed by atoms with E-state index in [1.165, 1.54) is 12.1 Å². The van der Waals surface area contributed by atoms with E-state index in [1.807, 2.05) is 0 Å². The van der Waals surface area contributed by atoms with E-state index in [0.29, 0.717) is 0 Å². The molecular formula is C22H22F3N3O4. The number of benzene rings is 2. The third-order valence-corrected chi connectivity index (χ3v) is 5.44. The number of nitrogens with one attached hydrogen (secondary N) is 3. The van der Waals surface area contributed by atoms with Crippen molar-refractivity contribution in [2.75, 3.05) is 25.1 Å². The van der Waals surface area contributed by atoms with E-state index in [1.54, 1.807) is 0 Å². The number of hydrogen-bond donors (Lipinski definition) is 3. The Hall–Kier alpha value is -3.27. The predicted molar refractivity (Wildman–Crippen MR) is 109 cm³/mol. The molecule has 0 radical (unpaired) electrons. The highest BCUT2D eigenvalue weighted by molar-refractivity contribution is 6.06. The van der Waals surface area contributed by atoms with Gasteiger partial charge in [-0.25, -0.2) is 18.0 Å². The van der Waals surface area contributed by atoms with Crippen LogP contribution in [0.4, 0.5) is 23.7 Å². The fourth-order valence-corrected chi connectivity index (χ4v) is 3.83. The predicted octanol–water partition coefficient (Wildman–Crippen LogP) is 3.66. The summed E-state index contributed by atoms with van der Waals surface area (Å²) in [5, 5.41) is 8.29. The number of alkyl carbamates (subject to hydrolysis) is 1. The maximum atomic E-state index is 14.7. The highest BCUT2D eigenvalue weighted by Gasteiger charge is 2.31. The summed E-state index contributed by atoms with van der Waals surface area (Å²) in [5.74, 6) is -3.51. The lowest BCUT2D eigenvalue weighted by molar-refractivity contribution is 0.102. The van der Waals surface area contributed by atoms with Crippen molar-refractivity contribution < 1.29 is 32.2 Å². The topological polar surface area (TPSA) is 88.7 Å². The minimum Gasteiger partial charge on any atom is -0.492 e. The van der Waals surface area contributed by atoms with E-state index in [9.17, 15) is 22.8 Å². The van der Waals surface area contributed by atoms with E-state index >= 15 is 0 Å². The number of halogens is 3. The van der Waals surface area contributed by atoms with Crippen molar-refractivity contribution in [3.63, 3.8) is 0 Å². The lowest BCUT2D eigenvalue weighted by Crippen LogP contribution is -2.36. The molecule has 2 aliphatic rings. The summed E-state index contributed by atoms with van der Waals surface area (Å²) in [6.07, 6.45) is 1.53. The third kappa shape index (κ3) is 4.80. The van der Waals surface area contributed by atoms with Crippen LogP contribution in [0, 0.1) is 17.5 Å². The lowest BCUT2D eigenvalue weighted by atomic mass is 9.96. The molecule has 2 amide bonds. The molecule has 1 unspecified atom stereocenters. The highest BCUT2D eigenvalue weighted by atomic mass is 19.2. The average Bonchev–Trinajstić information content (AvgIpc) is 3.29. The van der Waals surface area contributed by atoms with Crippen LogP contribution in [0.25, 0.3) is 0 Å². The zero-order valence-electron chi connectivity index (χ0n) is 17.1. The number of amides is 2. The second kappa shape index (κ2) is 9.47. The molecule has 170 valence electrons. The number of hydrogen-bond acceptors (Lipinski definition) is 5. The Balaban J connectivity index is 1.49. The molecule has 1 saturated heterocycles. The summed E-state index contributed by atoms with van der Waals surface area (Å²) in [5.41, 5.74) is 0.0628. The van der Waals surface area contributed by atoms with Gasteiger partial charge >= 0.3 is 6.09 Å². The number of carbonyl (C=O) groups excluding carboxylic acids is 2. The van der Waals surface area contributed by atoms with Crippen molar-refractivity contribution in [3.05, 3.63) is 58.9 Å². The zero-order chi connectivity index (χ0) is 22.7. The molecule has 10 heteroatoms. The molecule has 7 nitrogen and oxygen atoms in total. The molecule has 0 aliphatic carbocycles. The van der Waals surface area contributed by atoms with Crippen LogP contribution < -0.4 is 20.7 Å². The van der Waals surface area contributed by atoms with E-state index < -0.39 is 35.5 Å². The Labute approximate surface area is 182 Å². The van der Waals surface area contributed by atoms with Gasteiger partial charge in [-0.15, -0.1) is 0 Å². The van der Waals surface area contributed by atoms with Gasteiger partial charge in [-0.05, 0) is 43.7 Å². The molecule has 32 heavy (non-hydrogen) atoms. The molecule has 2 aliphatic heterocycles. The Morgan fingerprint density at radius 3 is 2.66 bits per heavy atom. The van der Waals surface area contributed by atoms with Crippen LogP contribution in [0.3, 0.4) is 0 Å². The summed E-state index contributed by atoms with van der Waals surface area (Å²) in [4.78, 5) is 25.0. The highest BCUT2D eigenvalue weighted by Crippen LogP contribution is 2.37. The van der Waals surface area contributed by atoms with Crippen LogP contribution in [-0.2, 0) is 4.74 Å². The Kier molecular flexibility index (Phi) is 6.50. The van der Waals surface area contributed by atoms with E-state index in [-0.39, 0.29) is 48.2 Å². The Bertz CT molecular complexity index is 1030. The molecular weight excluding hydrogens is 427 g/mol. The standard InChI is InChI=1S/C22H22F3N3O4/c23-15-5-3-12(10-17(15)25)27-21(29)14-4-6-16(24)19-18(7-9-31-20(14)19)28-22(30)32-11-13-2-1-8-26-13/h3-6,10,13,18,26H,1-2,7-9,11H2,(H,27,29)(H,28,30)/t13?,18-/m0/s1. The number of ether oxygens (including phenoxy) is 2. The average molecular weight is 449 g/mol. The maximum Gasteiger partial charge on any atom is 0.407 e. The Morgan fingerprint density at radius 1 is 1.09 bits per heavy atom. The van der Waals surface area contributed by atoms with Gasteiger partial charge in [0.2, 0.25) is 0 Å². The van der Waals surface area contributed by atoms with Crippen LogP contribution in [0.15, 0.2) is 30.3 Å². The number of rotatable bonds is 5. The maximum absolute atomic E-state index is 14.7. The molecule has 2 aromatic rings. The summed E-state index contributed by atoms with van der Waals surface area (Å²) < 4.78 is 52.0. The van der Waals surface area contributed by atoms with Crippen molar-refractivity contribution in [2.45, 2.75) is 31.3 Å². The molecule has 0 spiro atoms. The van der Waals surface area contributed by atoms with E-state index in [0.717, 1.165) is 37.6 Å². The quantitative estimate of drug-likeness (QED) is 0.649. The largest absolute Gasteiger partial charge is 0.492 e. The van der Waals surface area contributed by atoms with Crippen LogP contribution >= 0.6 is 0 Å². The summed E-state index contributed by atoms with van der Waals surface area (Å²) in [7, 11) is 0. The van der Waals surface area contributed by atoms with Crippen molar-refractivity contribution >= 4 is 17.7 Å². The van der Waals surface area contributed by atoms with Crippen LogP contribution in [0.1, 0.15) is 41.2 Å². The minimum atomic E-state index is -1.12. The molecule has 2 aromatic carbocycles. The summed E-state index contributed by atoms with van der Waals surface area (Å²) in [6, 6.07) is 4.60. The van der Waals surface area contributed by atoms with Gasteiger partial charge < -0.3 is 25.4 Å². The minimum absolute atomic E-state index is 0.00107. The van der Waals surface area contributed by atoms with Crippen molar-refractivity contribution in [1.82, 2.24) is 10.6 Å². The first-order chi connectivity index (χ1) is 15.4. The van der Waals surface area contributed by atoms with Gasteiger partial charge in [0.15, 0.2) is 11.6 Å². The molecule has 2 heterocycles. The second-order valence-electron chi connectivity index (χ2n) is 7.65. The third-order valence-electron chi connectivity index (χ3n) is 5.44. The smallest absolute Gasteiger partial charge is 0.407 e. The molecule has 2 atom stereocenters. The van der Waals surface area contributed by atoms with Gasteiger partial charge in [0, 0.05) is 24.2 Å². The van der Waals surface area contributed by atoms with Gasteiger partial charge in [-0.1, -0.05) is 0 Å². The van der Waals surface area contributed by atoms with Gasteiger partial charge in [-0.3, -0.25) is 4.79 Å². The molecule has 3 N–H and O–H groups in total. The molecule has 4 rings (SSSR count). The van der Waals surface area contributed by atoms with Crippen LogP contribution in [-0.4, -0.2) is 37.8 Å². The first-order valence-corrected chi connectivity index (χ1v) is 10.3. The molecule has 1 fully saturated rings. The normalized spacial score (nSPS) is 19.6. The summed E-state index contributed by atoms with van der Waals surface area (Å²) >= 11 is 0. The van der Waals surface area contributed by atoms with E-state index in [4.69, 9.17) is 9.47 Å². The van der Waals surface area contributed by atoms with Gasteiger partial charge in [-0.2, -0.15) is 0 Å². The first kappa shape index (κ1) is 21.9. The first-order valence-electron chi connectivity index (χ1n) is 10.3. The molecule has 0 aromatic heterocycles. The second-order valence-corrected chi connectivity index (χ2v) is 7.65. The SMILES string of the molecule is O=C(N[C@H]1CCOc2c(C(=O)Nc3ccc(F)c(F)c3)ccc(F)c21)OCC1CCCN1. The Morgan fingerprint density at radius 2 is 1.91 bits per heavy atom. The fourth-order valence-electron chi connectivity index (χ4n) is 3.83. The number of fused-ring (bicyclic) bond motifs is 1. The van der Waals surface area contributed by atoms with Gasteiger partial charge in [0.25, 0.3) is 5.91 Å². The van der Waals surface area contributed by atoms with Crippen molar-refractivity contribution in [3.8, 4) is 5.75 Å². The lowest BCUT2D eigenvalue weighted by Gasteiger charge is -2.28. The monoisotopic (exact) mass is 449 g/mol. The number of carbonyl (C=O) groups is 2. The van der Waals surface area contributed by atoms with E-state index in [2.05, 4.69) is 16.0 Å². The fraction of sp³-hybridized carbons (Fsp3) is 0.364. The van der Waals surface area contributed by atoms with Gasteiger partial charge in [0.05, 0.1) is 23.8 Å². The van der Waals surface area contributed by atoms with Gasteiger partial charge in [0.1, 0.15) is 18.2 Å². The number of anilines is 1. The van der Waals surface area contributed by atoms with Crippen LogP contribution in [0.5, 0.6) is 5.75 Å². The van der Waals surface area contributed by atoms with Crippen molar-refractivity contribution in [2.24, 2.45) is 0 Å². The molecule has 0 saturated carbocycles. The zero-order valence-corrected chi connectivity index (χ0v) is 17.1. The van der Waals surface area contributed by atoms with Crippen molar-refractivity contribution in [1.29, 1.82) is 0 Å². The molecule has 0 bridgehead atoms. The van der Waals surface area contributed by atoms with Crippen LogP contribution in [0.2, 0.25) is 0 Å². The summed E-state index contributed by atoms with van der Waals surface area (Å²) in [6.45, 7) is 1.22.